The lowest BCUT2D eigenvalue weighted by molar-refractivity contribution is 0.682. The minimum absolute atomic E-state index is 0.544. The van der Waals surface area contributed by atoms with Crippen LogP contribution in [0.1, 0.15) is 25.0 Å². The van der Waals surface area contributed by atoms with Gasteiger partial charge in [0.05, 0.1) is 6.20 Å². The van der Waals surface area contributed by atoms with Crippen molar-refractivity contribution in [3.8, 4) is 0 Å². The zero-order valence-corrected chi connectivity index (χ0v) is 12.2. The summed E-state index contributed by atoms with van der Waals surface area (Å²) in [5, 5.41) is 14.3. The van der Waals surface area contributed by atoms with Crippen LogP contribution in [0.3, 0.4) is 0 Å². The Kier molecular flexibility index (Phi) is 4.87. The Morgan fingerprint density at radius 1 is 1.10 bits per heavy atom. The molecule has 2 aromatic rings. The number of rotatable bonds is 6. The van der Waals surface area contributed by atoms with Crippen molar-refractivity contribution >= 4 is 11.8 Å². The molecule has 0 aliphatic heterocycles. The molecule has 5 nitrogen and oxygen atoms in total. The number of aryl methyl sites for hydroxylation is 1. The SMILES string of the molecule is Cc1ccc(CNc2cnnc(NCC(C)C)n2)cc1. The second kappa shape index (κ2) is 6.84. The monoisotopic (exact) mass is 271 g/mol. The first kappa shape index (κ1) is 14.2. The highest BCUT2D eigenvalue weighted by atomic mass is 15.3. The molecule has 0 spiro atoms. The third kappa shape index (κ3) is 4.50. The second-order valence-electron chi connectivity index (χ2n) is 5.28. The van der Waals surface area contributed by atoms with Gasteiger partial charge in [0, 0.05) is 13.1 Å². The largest absolute Gasteiger partial charge is 0.365 e. The molecule has 0 aliphatic carbocycles. The summed E-state index contributed by atoms with van der Waals surface area (Å²) in [6.45, 7) is 7.92. The van der Waals surface area contributed by atoms with Crippen LogP contribution in [0.2, 0.25) is 0 Å². The van der Waals surface area contributed by atoms with E-state index in [4.69, 9.17) is 0 Å². The van der Waals surface area contributed by atoms with Crippen LogP contribution in [0.5, 0.6) is 0 Å². The van der Waals surface area contributed by atoms with Crippen molar-refractivity contribution < 1.29 is 0 Å². The van der Waals surface area contributed by atoms with Gasteiger partial charge in [-0.2, -0.15) is 10.1 Å². The molecule has 0 atom stereocenters. The van der Waals surface area contributed by atoms with Gasteiger partial charge < -0.3 is 10.6 Å². The van der Waals surface area contributed by atoms with Crippen LogP contribution >= 0.6 is 0 Å². The van der Waals surface area contributed by atoms with E-state index < -0.39 is 0 Å². The summed E-state index contributed by atoms with van der Waals surface area (Å²) in [6, 6.07) is 8.42. The zero-order chi connectivity index (χ0) is 14.4. The van der Waals surface area contributed by atoms with E-state index >= 15 is 0 Å². The molecule has 0 aliphatic rings. The third-order valence-electron chi connectivity index (χ3n) is 2.82. The van der Waals surface area contributed by atoms with Gasteiger partial charge in [0.15, 0.2) is 5.82 Å². The molecule has 0 saturated carbocycles. The topological polar surface area (TPSA) is 62.7 Å². The predicted octanol–water partition coefficient (Wildman–Crippen LogP) is 2.86. The first-order valence-corrected chi connectivity index (χ1v) is 6.86. The lowest BCUT2D eigenvalue weighted by atomic mass is 10.1. The molecular formula is C15H21N5. The first-order chi connectivity index (χ1) is 9.63. The Morgan fingerprint density at radius 3 is 2.55 bits per heavy atom. The van der Waals surface area contributed by atoms with Crippen molar-refractivity contribution in [1.29, 1.82) is 0 Å². The third-order valence-corrected chi connectivity index (χ3v) is 2.82. The molecule has 0 fully saturated rings. The minimum atomic E-state index is 0.544. The zero-order valence-electron chi connectivity index (χ0n) is 12.2. The molecule has 0 radical (unpaired) electrons. The van der Waals surface area contributed by atoms with Crippen LogP contribution in [-0.4, -0.2) is 21.7 Å². The van der Waals surface area contributed by atoms with E-state index in [0.717, 1.165) is 18.9 Å². The standard InChI is InChI=1S/C15H21N5/c1-11(2)8-17-15-19-14(10-18-20-15)16-9-13-6-4-12(3)5-7-13/h4-7,10-11H,8-9H2,1-3H3,(H2,16,17,19,20). The van der Waals surface area contributed by atoms with Gasteiger partial charge in [0.2, 0.25) is 5.95 Å². The van der Waals surface area contributed by atoms with Crippen molar-refractivity contribution in [2.75, 3.05) is 17.2 Å². The van der Waals surface area contributed by atoms with Crippen LogP contribution < -0.4 is 10.6 Å². The van der Waals surface area contributed by atoms with E-state index in [-0.39, 0.29) is 0 Å². The van der Waals surface area contributed by atoms with E-state index in [1.807, 2.05) is 0 Å². The molecule has 106 valence electrons. The Labute approximate surface area is 119 Å². The van der Waals surface area contributed by atoms with E-state index in [1.54, 1.807) is 6.20 Å². The highest BCUT2D eigenvalue weighted by molar-refractivity contribution is 5.38. The summed E-state index contributed by atoms with van der Waals surface area (Å²) >= 11 is 0. The summed E-state index contributed by atoms with van der Waals surface area (Å²) in [6.07, 6.45) is 1.63. The van der Waals surface area contributed by atoms with Crippen LogP contribution in [0, 0.1) is 12.8 Å². The molecule has 2 rings (SSSR count). The Hall–Kier alpha value is -2.17. The maximum absolute atomic E-state index is 4.38. The number of hydrogen-bond acceptors (Lipinski definition) is 5. The van der Waals surface area contributed by atoms with Crippen LogP contribution in [0.4, 0.5) is 11.8 Å². The quantitative estimate of drug-likeness (QED) is 0.846. The molecule has 0 unspecified atom stereocenters. The van der Waals surface area contributed by atoms with Crippen LogP contribution in [0.15, 0.2) is 30.5 Å². The van der Waals surface area contributed by atoms with Crippen LogP contribution in [0.25, 0.3) is 0 Å². The van der Waals surface area contributed by atoms with Gasteiger partial charge in [-0.1, -0.05) is 43.7 Å². The van der Waals surface area contributed by atoms with Gasteiger partial charge in [-0.15, -0.1) is 5.10 Å². The minimum Gasteiger partial charge on any atom is -0.365 e. The highest BCUT2D eigenvalue weighted by Gasteiger charge is 2.01. The lowest BCUT2D eigenvalue weighted by Gasteiger charge is -2.09. The van der Waals surface area contributed by atoms with Crippen molar-refractivity contribution in [3.63, 3.8) is 0 Å². The molecule has 5 heteroatoms. The van der Waals surface area contributed by atoms with Gasteiger partial charge in [-0.25, -0.2) is 0 Å². The summed E-state index contributed by atoms with van der Waals surface area (Å²) in [5.41, 5.74) is 2.48. The maximum atomic E-state index is 4.38. The fraction of sp³-hybridized carbons (Fsp3) is 0.400. The first-order valence-electron chi connectivity index (χ1n) is 6.86. The number of aromatic nitrogens is 3. The van der Waals surface area contributed by atoms with Crippen molar-refractivity contribution in [3.05, 3.63) is 41.6 Å². The van der Waals surface area contributed by atoms with E-state index in [9.17, 15) is 0 Å². The van der Waals surface area contributed by atoms with E-state index in [0.29, 0.717) is 11.9 Å². The summed E-state index contributed by atoms with van der Waals surface area (Å²) in [4.78, 5) is 4.38. The van der Waals surface area contributed by atoms with Crippen molar-refractivity contribution in [2.24, 2.45) is 5.92 Å². The van der Waals surface area contributed by atoms with Gasteiger partial charge in [-0.05, 0) is 18.4 Å². The Bertz CT molecular complexity index is 536. The molecule has 0 amide bonds. The number of anilines is 2. The Morgan fingerprint density at radius 2 is 1.85 bits per heavy atom. The van der Waals surface area contributed by atoms with Crippen LogP contribution in [-0.2, 0) is 6.54 Å². The Balaban J connectivity index is 1.92. The normalized spacial score (nSPS) is 10.6. The van der Waals surface area contributed by atoms with Gasteiger partial charge in [-0.3, -0.25) is 0 Å². The number of nitrogens with zero attached hydrogens (tertiary/aromatic N) is 3. The molecule has 1 aromatic heterocycles. The molecule has 1 heterocycles. The molecule has 2 N–H and O–H groups in total. The number of nitrogens with one attached hydrogen (secondary N) is 2. The molecule has 0 saturated heterocycles. The molecule has 20 heavy (non-hydrogen) atoms. The average molecular weight is 271 g/mol. The van der Waals surface area contributed by atoms with Gasteiger partial charge >= 0.3 is 0 Å². The predicted molar refractivity (Wildman–Crippen MR) is 81.7 cm³/mol. The highest BCUT2D eigenvalue weighted by Crippen LogP contribution is 2.08. The summed E-state index contributed by atoms with van der Waals surface area (Å²) < 4.78 is 0. The van der Waals surface area contributed by atoms with Crippen molar-refractivity contribution in [2.45, 2.75) is 27.3 Å². The fourth-order valence-corrected chi connectivity index (χ4v) is 1.66. The average Bonchev–Trinajstić information content (AvgIpc) is 2.45. The number of hydrogen-bond donors (Lipinski definition) is 2. The van der Waals surface area contributed by atoms with Crippen molar-refractivity contribution in [1.82, 2.24) is 15.2 Å². The fourth-order valence-electron chi connectivity index (χ4n) is 1.66. The lowest BCUT2D eigenvalue weighted by Crippen LogP contribution is -2.12. The maximum Gasteiger partial charge on any atom is 0.244 e. The number of benzene rings is 1. The van der Waals surface area contributed by atoms with Gasteiger partial charge in [0.1, 0.15) is 0 Å². The summed E-state index contributed by atoms with van der Waals surface area (Å²) in [5.74, 6) is 1.84. The second-order valence-corrected chi connectivity index (χ2v) is 5.28. The molecule has 1 aromatic carbocycles. The molecule has 0 bridgehead atoms. The van der Waals surface area contributed by atoms with Gasteiger partial charge in [0.25, 0.3) is 0 Å². The summed E-state index contributed by atoms with van der Waals surface area (Å²) in [7, 11) is 0. The molecular weight excluding hydrogens is 250 g/mol. The van der Waals surface area contributed by atoms with E-state index in [2.05, 4.69) is 70.9 Å². The van der Waals surface area contributed by atoms with E-state index in [1.165, 1.54) is 11.1 Å². The smallest absolute Gasteiger partial charge is 0.244 e.